The Labute approximate surface area is 219 Å². The average Bonchev–Trinajstić information content (AvgIpc) is 3.34. The molecule has 1 amide bonds. The zero-order chi connectivity index (χ0) is 25.7. The first-order valence-electron chi connectivity index (χ1n) is 11.8. The quantitative estimate of drug-likeness (QED) is 0.380. The molecule has 0 spiro atoms. The fourth-order valence-corrected chi connectivity index (χ4v) is 6.67. The summed E-state index contributed by atoms with van der Waals surface area (Å²) in [5.41, 5.74) is 3.47. The highest BCUT2D eigenvalue weighted by atomic mass is 35.5. The normalized spacial score (nSPS) is 16.3. The minimum atomic E-state index is -4.03. The van der Waals surface area contributed by atoms with E-state index in [0.29, 0.717) is 16.5 Å². The Balaban J connectivity index is 1.35. The third kappa shape index (κ3) is 4.06. The van der Waals surface area contributed by atoms with Crippen LogP contribution in [0.3, 0.4) is 0 Å². The van der Waals surface area contributed by atoms with Gasteiger partial charge in [0.25, 0.3) is 15.9 Å². The number of amides is 1. The van der Waals surface area contributed by atoms with Crippen molar-refractivity contribution in [1.82, 2.24) is 0 Å². The van der Waals surface area contributed by atoms with E-state index < -0.39 is 22.0 Å². The predicted octanol–water partition coefficient (Wildman–Crippen LogP) is 5.20. The molecule has 9 heteroatoms. The zero-order valence-corrected chi connectivity index (χ0v) is 21.5. The van der Waals surface area contributed by atoms with E-state index in [4.69, 9.17) is 21.1 Å². The molecule has 0 fully saturated rings. The zero-order valence-electron chi connectivity index (χ0n) is 19.9. The van der Waals surface area contributed by atoms with Crippen LogP contribution >= 0.6 is 11.6 Å². The number of aryl methyl sites for hydroxylation is 2. The van der Waals surface area contributed by atoms with Gasteiger partial charge in [-0.25, -0.2) is 8.42 Å². The lowest BCUT2D eigenvalue weighted by Crippen LogP contribution is -2.48. The van der Waals surface area contributed by atoms with Gasteiger partial charge in [-0.1, -0.05) is 35.9 Å². The van der Waals surface area contributed by atoms with E-state index in [0.717, 1.165) is 18.2 Å². The van der Waals surface area contributed by atoms with Crippen LogP contribution in [0.25, 0.3) is 10.8 Å². The van der Waals surface area contributed by atoms with E-state index in [2.05, 4.69) is 11.4 Å². The van der Waals surface area contributed by atoms with Gasteiger partial charge >= 0.3 is 0 Å². The van der Waals surface area contributed by atoms with Crippen LogP contribution in [-0.4, -0.2) is 34.1 Å². The summed E-state index contributed by atoms with van der Waals surface area (Å²) in [5, 5.41) is 5.47. The molecule has 4 aromatic carbocycles. The van der Waals surface area contributed by atoms with Crippen LogP contribution in [0.5, 0.6) is 11.5 Å². The van der Waals surface area contributed by atoms with Crippen LogP contribution in [0, 0.1) is 0 Å². The van der Waals surface area contributed by atoms with Gasteiger partial charge in [0.15, 0.2) is 6.10 Å². The number of anilines is 2. The molecule has 0 unspecified atom stereocenters. The second-order valence-electron chi connectivity index (χ2n) is 9.03. The lowest BCUT2D eigenvalue weighted by molar-refractivity contribution is -0.122. The molecule has 1 atom stereocenters. The van der Waals surface area contributed by atoms with E-state index in [1.807, 2.05) is 24.3 Å². The van der Waals surface area contributed by atoms with Crippen LogP contribution in [-0.2, 0) is 27.7 Å². The SMILES string of the molecule is COc1ccc(S(=O)(=O)N2C[C@H](C(=O)Nc3ccc4c5c(cccc35)CC4)Oc3ccc(Cl)cc32)cc1. The molecule has 0 saturated carbocycles. The number of carbonyl (C=O) groups excluding carboxylic acids is 1. The van der Waals surface area contributed by atoms with Gasteiger partial charge in [0.1, 0.15) is 11.5 Å². The van der Waals surface area contributed by atoms with Gasteiger partial charge in [0, 0.05) is 16.1 Å². The number of methoxy groups -OCH3 is 1. The molecule has 0 radical (unpaired) electrons. The lowest BCUT2D eigenvalue weighted by atomic mass is 10.0. The van der Waals surface area contributed by atoms with Crippen molar-refractivity contribution in [2.24, 2.45) is 0 Å². The largest absolute Gasteiger partial charge is 0.497 e. The molecule has 0 saturated heterocycles. The van der Waals surface area contributed by atoms with Crippen LogP contribution < -0.4 is 19.1 Å². The molecule has 0 bridgehead atoms. The van der Waals surface area contributed by atoms with Gasteiger partial charge in [-0.05, 0) is 77.9 Å². The molecule has 6 rings (SSSR count). The number of fused-ring (bicyclic) bond motifs is 1. The second-order valence-corrected chi connectivity index (χ2v) is 11.3. The summed E-state index contributed by atoms with van der Waals surface area (Å²) in [6, 6.07) is 20.8. The highest BCUT2D eigenvalue weighted by Gasteiger charge is 2.38. The van der Waals surface area contributed by atoms with E-state index >= 15 is 0 Å². The van der Waals surface area contributed by atoms with Crippen molar-refractivity contribution in [3.05, 3.63) is 88.9 Å². The monoisotopic (exact) mass is 534 g/mol. The Hall–Kier alpha value is -3.75. The molecule has 7 nitrogen and oxygen atoms in total. The lowest BCUT2D eigenvalue weighted by Gasteiger charge is -2.35. The molecule has 188 valence electrons. The average molecular weight is 535 g/mol. The predicted molar refractivity (Wildman–Crippen MR) is 143 cm³/mol. The summed E-state index contributed by atoms with van der Waals surface area (Å²) >= 11 is 6.20. The van der Waals surface area contributed by atoms with Crippen molar-refractivity contribution in [3.8, 4) is 11.5 Å². The standard InChI is InChI=1S/C28H23ClN2O5S/c1-35-20-9-11-21(12-10-20)37(33,34)31-16-26(36-25-14-8-19(29)15-24(25)31)28(32)30-23-13-7-18-6-5-17-3-2-4-22(23)27(17)18/h2-4,7-15,26H,5-6,16H2,1H3,(H,30,32)/t26-/m1/s1. The molecule has 0 aromatic heterocycles. The van der Waals surface area contributed by atoms with Crippen molar-refractivity contribution < 1.29 is 22.7 Å². The molecular formula is C28H23ClN2O5S. The number of halogens is 1. The minimum Gasteiger partial charge on any atom is -0.497 e. The highest BCUT2D eigenvalue weighted by Crippen LogP contribution is 2.40. The number of rotatable bonds is 5. The summed E-state index contributed by atoms with van der Waals surface area (Å²) < 4.78 is 39.7. The van der Waals surface area contributed by atoms with Gasteiger partial charge in [0.2, 0.25) is 0 Å². The fourth-order valence-electron chi connectivity index (χ4n) is 5.03. The number of benzene rings is 4. The number of ether oxygens (including phenoxy) is 2. The maximum absolute atomic E-state index is 13.7. The fraction of sp³-hybridized carbons (Fsp3) is 0.179. The van der Waals surface area contributed by atoms with Crippen LogP contribution in [0.2, 0.25) is 5.02 Å². The Bertz CT molecular complexity index is 1640. The van der Waals surface area contributed by atoms with Gasteiger partial charge in [-0.2, -0.15) is 0 Å². The van der Waals surface area contributed by atoms with Crippen molar-refractivity contribution in [3.63, 3.8) is 0 Å². The smallest absolute Gasteiger partial charge is 0.267 e. The first-order valence-corrected chi connectivity index (χ1v) is 13.6. The van der Waals surface area contributed by atoms with Gasteiger partial charge < -0.3 is 14.8 Å². The molecule has 4 aromatic rings. The van der Waals surface area contributed by atoms with Gasteiger partial charge in [-0.3, -0.25) is 9.10 Å². The van der Waals surface area contributed by atoms with Crippen molar-refractivity contribution >= 4 is 49.7 Å². The van der Waals surface area contributed by atoms with E-state index in [9.17, 15) is 13.2 Å². The Morgan fingerprint density at radius 1 is 1.03 bits per heavy atom. The molecule has 37 heavy (non-hydrogen) atoms. The van der Waals surface area contributed by atoms with Crippen LogP contribution in [0.15, 0.2) is 77.7 Å². The Morgan fingerprint density at radius 3 is 2.54 bits per heavy atom. The van der Waals surface area contributed by atoms with E-state index in [1.165, 1.54) is 46.1 Å². The van der Waals surface area contributed by atoms with Crippen LogP contribution in [0.4, 0.5) is 11.4 Å². The second kappa shape index (κ2) is 8.97. The summed E-state index contributed by atoms with van der Waals surface area (Å²) in [4.78, 5) is 13.5. The maximum Gasteiger partial charge on any atom is 0.267 e. The molecular weight excluding hydrogens is 512 g/mol. The summed E-state index contributed by atoms with van der Waals surface area (Å²) in [6.45, 7) is -0.213. The van der Waals surface area contributed by atoms with E-state index in [1.54, 1.807) is 24.3 Å². The highest BCUT2D eigenvalue weighted by molar-refractivity contribution is 7.92. The molecule has 1 aliphatic carbocycles. The first-order chi connectivity index (χ1) is 17.8. The molecule has 1 aliphatic heterocycles. The third-order valence-corrected chi connectivity index (χ3v) is 8.89. The number of hydrogen-bond acceptors (Lipinski definition) is 5. The topological polar surface area (TPSA) is 84.9 Å². The van der Waals surface area contributed by atoms with Gasteiger partial charge in [-0.15, -0.1) is 0 Å². The number of sulfonamides is 1. The minimum absolute atomic E-state index is 0.0628. The number of nitrogens with zero attached hydrogens (tertiary/aromatic N) is 1. The summed E-state index contributed by atoms with van der Waals surface area (Å²) in [7, 11) is -2.53. The van der Waals surface area contributed by atoms with Crippen molar-refractivity contribution in [2.75, 3.05) is 23.3 Å². The maximum atomic E-state index is 13.7. The van der Waals surface area contributed by atoms with Crippen molar-refractivity contribution in [2.45, 2.75) is 23.8 Å². The van der Waals surface area contributed by atoms with Crippen LogP contribution in [0.1, 0.15) is 11.1 Å². The molecule has 1 N–H and O–H groups in total. The van der Waals surface area contributed by atoms with Crippen molar-refractivity contribution in [1.29, 1.82) is 0 Å². The number of hydrogen-bond donors (Lipinski definition) is 1. The number of carbonyl (C=O) groups is 1. The van der Waals surface area contributed by atoms with Gasteiger partial charge in [0.05, 0.1) is 24.2 Å². The first kappa shape index (κ1) is 23.6. The number of nitrogens with one attached hydrogen (secondary N) is 1. The Kier molecular flexibility index (Phi) is 5.73. The molecule has 2 aliphatic rings. The third-order valence-electron chi connectivity index (χ3n) is 6.87. The summed E-state index contributed by atoms with van der Waals surface area (Å²) in [5.74, 6) is 0.356. The van der Waals surface area contributed by atoms with E-state index in [-0.39, 0.29) is 22.9 Å². The molecule has 1 heterocycles. The summed E-state index contributed by atoms with van der Waals surface area (Å²) in [6.07, 6.45) is 0.880. The Morgan fingerprint density at radius 2 is 1.78 bits per heavy atom.